The van der Waals surface area contributed by atoms with Crippen molar-refractivity contribution in [2.75, 3.05) is 19.8 Å². The predicted octanol–water partition coefficient (Wildman–Crippen LogP) is 1.84. The van der Waals surface area contributed by atoms with E-state index in [-0.39, 0.29) is 28.6 Å². The Morgan fingerprint density at radius 1 is 0.926 bits per heavy atom. The first-order valence-electron chi connectivity index (χ1n) is 8.08. The van der Waals surface area contributed by atoms with E-state index in [1.807, 2.05) is 0 Å². The molecule has 0 aromatic heterocycles. The largest absolute Gasteiger partial charge is 0.461 e. The van der Waals surface area contributed by atoms with E-state index in [0.717, 1.165) is 4.31 Å². The standard InChI is InChI=1S/C18H21NO6S2/c1-19(2)27(23,24)17-10-6-7-15(13-17)14-25-18(20)11-12-26(21,22)16-8-4-3-5-9-16/h3-10,13H,11-12,14H2,1-2H3. The summed E-state index contributed by atoms with van der Waals surface area (Å²) in [6, 6.07) is 13.9. The summed E-state index contributed by atoms with van der Waals surface area (Å²) in [5.74, 6) is -1.03. The van der Waals surface area contributed by atoms with Crippen molar-refractivity contribution < 1.29 is 26.4 Å². The summed E-state index contributed by atoms with van der Waals surface area (Å²) in [6.07, 6.45) is -0.285. The maximum Gasteiger partial charge on any atom is 0.307 e. The van der Waals surface area contributed by atoms with Crippen molar-refractivity contribution >= 4 is 25.8 Å². The van der Waals surface area contributed by atoms with Gasteiger partial charge in [-0.25, -0.2) is 21.1 Å². The molecule has 0 atom stereocenters. The molecule has 0 amide bonds. The number of nitrogens with zero attached hydrogens (tertiary/aromatic N) is 1. The van der Waals surface area contributed by atoms with Crippen molar-refractivity contribution in [1.29, 1.82) is 0 Å². The molecule has 0 radical (unpaired) electrons. The molecule has 0 N–H and O–H groups in total. The summed E-state index contributed by atoms with van der Waals surface area (Å²) in [5.41, 5.74) is 0.497. The van der Waals surface area contributed by atoms with Crippen LogP contribution in [0.3, 0.4) is 0 Å². The zero-order valence-electron chi connectivity index (χ0n) is 15.0. The van der Waals surface area contributed by atoms with Gasteiger partial charge in [0.25, 0.3) is 0 Å². The molecule has 0 fully saturated rings. The summed E-state index contributed by atoms with van der Waals surface area (Å²) in [5, 5.41) is 0. The minimum Gasteiger partial charge on any atom is -0.461 e. The highest BCUT2D eigenvalue weighted by Crippen LogP contribution is 2.16. The lowest BCUT2D eigenvalue weighted by atomic mass is 10.2. The molecule has 146 valence electrons. The zero-order chi connectivity index (χ0) is 20.1. The SMILES string of the molecule is CN(C)S(=O)(=O)c1cccc(COC(=O)CCS(=O)(=O)c2ccccc2)c1. The minimum atomic E-state index is -3.58. The van der Waals surface area contributed by atoms with Crippen LogP contribution in [0, 0.1) is 0 Å². The van der Waals surface area contributed by atoms with Gasteiger partial charge in [-0.2, -0.15) is 0 Å². The minimum absolute atomic E-state index is 0.0905. The highest BCUT2D eigenvalue weighted by molar-refractivity contribution is 7.91. The molecule has 0 saturated heterocycles. The van der Waals surface area contributed by atoms with Gasteiger partial charge in [-0.3, -0.25) is 4.79 Å². The molecule has 9 heteroatoms. The van der Waals surface area contributed by atoms with Crippen molar-refractivity contribution in [1.82, 2.24) is 4.31 Å². The Labute approximate surface area is 159 Å². The van der Waals surface area contributed by atoms with Gasteiger partial charge >= 0.3 is 5.97 Å². The van der Waals surface area contributed by atoms with Gasteiger partial charge in [-0.1, -0.05) is 30.3 Å². The molecule has 2 aromatic rings. The van der Waals surface area contributed by atoms with Crippen molar-refractivity contribution in [3.05, 3.63) is 60.2 Å². The van der Waals surface area contributed by atoms with E-state index in [2.05, 4.69) is 0 Å². The molecule has 0 unspecified atom stereocenters. The molecule has 0 heterocycles. The van der Waals surface area contributed by atoms with Crippen LogP contribution in [-0.2, 0) is 36.0 Å². The van der Waals surface area contributed by atoms with E-state index in [0.29, 0.717) is 5.56 Å². The smallest absolute Gasteiger partial charge is 0.307 e. The number of benzene rings is 2. The third-order valence-electron chi connectivity index (χ3n) is 3.75. The number of hydrogen-bond donors (Lipinski definition) is 0. The lowest BCUT2D eigenvalue weighted by Gasteiger charge is -2.12. The molecule has 0 aliphatic rings. The normalized spacial score (nSPS) is 12.1. The predicted molar refractivity (Wildman–Crippen MR) is 100 cm³/mol. The van der Waals surface area contributed by atoms with Crippen molar-refractivity contribution in [3.63, 3.8) is 0 Å². The van der Waals surface area contributed by atoms with E-state index in [1.54, 1.807) is 30.3 Å². The maximum absolute atomic E-state index is 12.2. The van der Waals surface area contributed by atoms with Crippen LogP contribution in [0.2, 0.25) is 0 Å². The second-order valence-corrected chi connectivity index (χ2v) is 10.2. The Bertz CT molecular complexity index is 999. The van der Waals surface area contributed by atoms with Gasteiger partial charge in [-0.15, -0.1) is 0 Å². The lowest BCUT2D eigenvalue weighted by Crippen LogP contribution is -2.22. The molecule has 0 spiro atoms. The fourth-order valence-electron chi connectivity index (χ4n) is 2.21. The number of ether oxygens (including phenoxy) is 1. The van der Waals surface area contributed by atoms with Crippen LogP contribution in [0.25, 0.3) is 0 Å². The van der Waals surface area contributed by atoms with Crippen LogP contribution < -0.4 is 0 Å². The van der Waals surface area contributed by atoms with Crippen LogP contribution in [0.1, 0.15) is 12.0 Å². The highest BCUT2D eigenvalue weighted by atomic mass is 32.2. The topological polar surface area (TPSA) is 97.8 Å². The average molecular weight is 412 g/mol. The second-order valence-electron chi connectivity index (χ2n) is 5.98. The fourth-order valence-corrected chi connectivity index (χ4v) is 4.42. The molecule has 2 rings (SSSR count). The van der Waals surface area contributed by atoms with Gasteiger partial charge < -0.3 is 4.74 Å². The average Bonchev–Trinajstić information content (AvgIpc) is 2.65. The molecule has 27 heavy (non-hydrogen) atoms. The van der Waals surface area contributed by atoms with Crippen LogP contribution in [0.4, 0.5) is 0 Å². The van der Waals surface area contributed by atoms with Crippen LogP contribution >= 0.6 is 0 Å². The van der Waals surface area contributed by atoms with E-state index in [9.17, 15) is 21.6 Å². The summed E-state index contributed by atoms with van der Waals surface area (Å²) < 4.78 is 54.7. The molecular weight excluding hydrogens is 390 g/mol. The quantitative estimate of drug-likeness (QED) is 0.615. The highest BCUT2D eigenvalue weighted by Gasteiger charge is 2.19. The van der Waals surface area contributed by atoms with Gasteiger partial charge in [0.15, 0.2) is 9.84 Å². The van der Waals surface area contributed by atoms with Gasteiger partial charge in [-0.05, 0) is 29.8 Å². The van der Waals surface area contributed by atoms with Crippen molar-refractivity contribution in [2.45, 2.75) is 22.8 Å². The third kappa shape index (κ3) is 5.62. The monoisotopic (exact) mass is 411 g/mol. The Kier molecular flexibility index (Phi) is 6.74. The van der Waals surface area contributed by atoms with E-state index >= 15 is 0 Å². The van der Waals surface area contributed by atoms with Gasteiger partial charge in [0, 0.05) is 14.1 Å². The number of sulfonamides is 1. The van der Waals surface area contributed by atoms with Gasteiger partial charge in [0.2, 0.25) is 10.0 Å². The van der Waals surface area contributed by atoms with E-state index in [1.165, 1.54) is 38.4 Å². The summed E-state index contributed by atoms with van der Waals surface area (Å²) >= 11 is 0. The molecule has 0 saturated carbocycles. The van der Waals surface area contributed by atoms with E-state index in [4.69, 9.17) is 4.74 Å². The van der Waals surface area contributed by atoms with Gasteiger partial charge in [0.05, 0.1) is 22.0 Å². The fraction of sp³-hybridized carbons (Fsp3) is 0.278. The Morgan fingerprint density at radius 2 is 1.56 bits per heavy atom. The summed E-state index contributed by atoms with van der Waals surface area (Å²) in [7, 11) is -4.29. The summed E-state index contributed by atoms with van der Waals surface area (Å²) in [6.45, 7) is -0.138. The van der Waals surface area contributed by atoms with Crippen molar-refractivity contribution in [2.24, 2.45) is 0 Å². The first-order chi connectivity index (χ1) is 12.6. The first kappa shape index (κ1) is 21.1. The van der Waals surface area contributed by atoms with Gasteiger partial charge in [0.1, 0.15) is 6.61 Å². The van der Waals surface area contributed by atoms with Crippen LogP contribution in [-0.4, -0.2) is 47.0 Å². The van der Waals surface area contributed by atoms with E-state index < -0.39 is 25.8 Å². The first-order valence-corrected chi connectivity index (χ1v) is 11.2. The molecule has 7 nitrogen and oxygen atoms in total. The molecular formula is C18H21NO6S2. The number of carbonyl (C=O) groups excluding carboxylic acids is 1. The Hall–Kier alpha value is -2.23. The summed E-state index contributed by atoms with van der Waals surface area (Å²) in [4.78, 5) is 12.1. The van der Waals surface area contributed by atoms with Crippen LogP contribution in [0.5, 0.6) is 0 Å². The number of sulfone groups is 1. The Morgan fingerprint density at radius 3 is 2.19 bits per heavy atom. The molecule has 0 bridgehead atoms. The maximum atomic E-state index is 12.2. The number of esters is 1. The zero-order valence-corrected chi connectivity index (χ0v) is 16.7. The lowest BCUT2D eigenvalue weighted by molar-refractivity contribution is -0.144. The third-order valence-corrected chi connectivity index (χ3v) is 7.30. The molecule has 2 aromatic carbocycles. The second kappa shape index (κ2) is 8.64. The number of rotatable bonds is 8. The molecule has 0 aliphatic carbocycles. The Balaban J connectivity index is 1.95. The number of carbonyl (C=O) groups is 1. The van der Waals surface area contributed by atoms with Crippen LogP contribution in [0.15, 0.2) is 64.4 Å². The number of hydrogen-bond acceptors (Lipinski definition) is 6. The van der Waals surface area contributed by atoms with Crippen molar-refractivity contribution in [3.8, 4) is 0 Å². The molecule has 0 aliphatic heterocycles.